The van der Waals surface area contributed by atoms with Crippen molar-refractivity contribution in [3.8, 4) is 0 Å². The molecule has 0 fully saturated rings. The van der Waals surface area contributed by atoms with Crippen molar-refractivity contribution in [1.29, 1.82) is 0 Å². The van der Waals surface area contributed by atoms with Gasteiger partial charge in [0, 0.05) is 26.2 Å². The predicted octanol–water partition coefficient (Wildman–Crippen LogP) is 1.37. The van der Waals surface area contributed by atoms with Crippen molar-refractivity contribution in [3.05, 3.63) is 29.8 Å². The Morgan fingerprint density at radius 2 is 2.05 bits per heavy atom. The van der Waals surface area contributed by atoms with E-state index in [0.29, 0.717) is 38.1 Å². The van der Waals surface area contributed by atoms with Crippen molar-refractivity contribution in [2.45, 2.75) is 26.4 Å². The van der Waals surface area contributed by atoms with Gasteiger partial charge in [0.15, 0.2) is 5.82 Å². The number of aromatic nitrogens is 2. The highest BCUT2D eigenvalue weighted by Gasteiger charge is 2.15. The first-order valence-electron chi connectivity index (χ1n) is 7.29. The van der Waals surface area contributed by atoms with Crippen LogP contribution in [0.3, 0.4) is 0 Å². The third-order valence-electron chi connectivity index (χ3n) is 3.54. The van der Waals surface area contributed by atoms with Crippen LogP contribution in [-0.4, -0.2) is 51.0 Å². The van der Waals surface area contributed by atoms with Crippen LogP contribution in [0.1, 0.15) is 19.2 Å². The molecular weight excluding hydrogens is 273 g/mol. The molecule has 116 valence electrons. The topological polar surface area (TPSA) is 61.5 Å². The Labute approximate surface area is 123 Å². The minimum absolute atomic E-state index is 0.0478. The third-order valence-corrected chi connectivity index (χ3v) is 3.54. The number of para-hydroxylation sites is 1. The van der Waals surface area contributed by atoms with Crippen molar-refractivity contribution < 1.29 is 14.6 Å². The summed E-state index contributed by atoms with van der Waals surface area (Å²) >= 11 is 0. The lowest BCUT2D eigenvalue weighted by Crippen LogP contribution is -2.29. The van der Waals surface area contributed by atoms with Gasteiger partial charge < -0.3 is 14.8 Å². The minimum Gasteiger partial charge on any atom is -0.396 e. The SMILES string of the molecule is CCn1c(CN(CCO)CCCO)nc2c(F)cccc21. The largest absolute Gasteiger partial charge is 0.396 e. The Hall–Kier alpha value is -1.50. The van der Waals surface area contributed by atoms with Gasteiger partial charge in [0.1, 0.15) is 11.3 Å². The Bertz CT molecular complexity index is 586. The Morgan fingerprint density at radius 1 is 1.24 bits per heavy atom. The molecule has 0 spiro atoms. The molecule has 5 nitrogen and oxygen atoms in total. The molecule has 0 aliphatic carbocycles. The molecule has 0 aliphatic heterocycles. The number of imidazole rings is 1. The van der Waals surface area contributed by atoms with Gasteiger partial charge in [-0.25, -0.2) is 9.37 Å². The standard InChI is InChI=1S/C15H22FN3O2/c1-2-19-13-6-3-5-12(16)15(13)17-14(19)11-18(8-10-21)7-4-9-20/h3,5-6,20-21H,2,4,7-11H2,1H3. The van der Waals surface area contributed by atoms with Crippen LogP contribution < -0.4 is 0 Å². The van der Waals surface area contributed by atoms with Gasteiger partial charge in [-0.3, -0.25) is 4.90 Å². The van der Waals surface area contributed by atoms with E-state index in [2.05, 4.69) is 4.98 Å². The maximum atomic E-state index is 13.8. The van der Waals surface area contributed by atoms with Crippen molar-refractivity contribution in [2.24, 2.45) is 0 Å². The average molecular weight is 295 g/mol. The second-order valence-electron chi connectivity index (χ2n) is 4.96. The highest BCUT2D eigenvalue weighted by Crippen LogP contribution is 2.20. The smallest absolute Gasteiger partial charge is 0.151 e. The first kappa shape index (κ1) is 15.9. The van der Waals surface area contributed by atoms with Gasteiger partial charge in [0.05, 0.1) is 18.7 Å². The van der Waals surface area contributed by atoms with Crippen LogP contribution in [0.25, 0.3) is 11.0 Å². The number of aryl methyl sites for hydroxylation is 1. The van der Waals surface area contributed by atoms with E-state index in [1.54, 1.807) is 6.07 Å². The summed E-state index contributed by atoms with van der Waals surface area (Å²) in [5, 5.41) is 18.1. The second-order valence-corrected chi connectivity index (χ2v) is 4.96. The number of aliphatic hydroxyl groups excluding tert-OH is 2. The fourth-order valence-electron chi connectivity index (χ4n) is 2.54. The first-order chi connectivity index (χ1) is 10.2. The summed E-state index contributed by atoms with van der Waals surface area (Å²) < 4.78 is 15.8. The number of hydrogen-bond donors (Lipinski definition) is 2. The molecule has 0 unspecified atom stereocenters. The van der Waals surface area contributed by atoms with E-state index in [1.807, 2.05) is 22.5 Å². The zero-order valence-corrected chi connectivity index (χ0v) is 12.3. The molecule has 0 saturated carbocycles. The maximum Gasteiger partial charge on any atom is 0.151 e. The number of nitrogens with zero attached hydrogens (tertiary/aromatic N) is 3. The van der Waals surface area contributed by atoms with E-state index in [-0.39, 0.29) is 19.0 Å². The van der Waals surface area contributed by atoms with Crippen molar-refractivity contribution in [3.63, 3.8) is 0 Å². The van der Waals surface area contributed by atoms with E-state index >= 15 is 0 Å². The molecule has 6 heteroatoms. The van der Waals surface area contributed by atoms with Crippen LogP contribution in [0, 0.1) is 5.82 Å². The lowest BCUT2D eigenvalue weighted by atomic mass is 10.3. The second kappa shape index (κ2) is 7.49. The maximum absolute atomic E-state index is 13.8. The van der Waals surface area contributed by atoms with E-state index < -0.39 is 0 Å². The zero-order valence-electron chi connectivity index (χ0n) is 12.3. The molecule has 0 saturated heterocycles. The summed E-state index contributed by atoms with van der Waals surface area (Å²) in [6, 6.07) is 4.96. The molecule has 2 rings (SSSR count). The molecule has 0 radical (unpaired) electrons. The number of fused-ring (bicyclic) bond motifs is 1. The molecule has 2 aromatic rings. The number of hydrogen-bond acceptors (Lipinski definition) is 4. The van der Waals surface area contributed by atoms with Crippen LogP contribution in [-0.2, 0) is 13.1 Å². The fourth-order valence-corrected chi connectivity index (χ4v) is 2.54. The molecule has 1 aromatic carbocycles. The molecule has 0 bridgehead atoms. The number of rotatable bonds is 8. The van der Waals surface area contributed by atoms with E-state index in [9.17, 15) is 4.39 Å². The molecule has 1 aromatic heterocycles. The van der Waals surface area contributed by atoms with E-state index in [4.69, 9.17) is 10.2 Å². The van der Waals surface area contributed by atoms with Crippen molar-refractivity contribution >= 4 is 11.0 Å². The summed E-state index contributed by atoms with van der Waals surface area (Å²) in [5.74, 6) is 0.467. The van der Waals surface area contributed by atoms with Gasteiger partial charge in [-0.15, -0.1) is 0 Å². The lowest BCUT2D eigenvalue weighted by Gasteiger charge is -2.20. The van der Waals surface area contributed by atoms with Gasteiger partial charge in [-0.1, -0.05) is 6.07 Å². The monoisotopic (exact) mass is 295 g/mol. The highest BCUT2D eigenvalue weighted by atomic mass is 19.1. The van der Waals surface area contributed by atoms with Gasteiger partial charge in [0.25, 0.3) is 0 Å². The van der Waals surface area contributed by atoms with Gasteiger partial charge in [-0.2, -0.15) is 0 Å². The molecule has 0 amide bonds. The predicted molar refractivity (Wildman–Crippen MR) is 79.4 cm³/mol. The van der Waals surface area contributed by atoms with E-state index in [0.717, 1.165) is 11.3 Å². The summed E-state index contributed by atoms with van der Waals surface area (Å²) in [5.41, 5.74) is 1.18. The Balaban J connectivity index is 2.29. The summed E-state index contributed by atoms with van der Waals surface area (Å²) in [4.78, 5) is 6.43. The first-order valence-corrected chi connectivity index (χ1v) is 7.29. The normalized spacial score (nSPS) is 11.7. The van der Waals surface area contributed by atoms with Crippen molar-refractivity contribution in [1.82, 2.24) is 14.5 Å². The quantitative estimate of drug-likeness (QED) is 0.772. The minimum atomic E-state index is -0.315. The van der Waals surface area contributed by atoms with E-state index in [1.165, 1.54) is 6.07 Å². The van der Waals surface area contributed by atoms with Crippen LogP contribution in [0.5, 0.6) is 0 Å². The third kappa shape index (κ3) is 3.58. The molecule has 0 aliphatic rings. The van der Waals surface area contributed by atoms with Gasteiger partial charge in [-0.05, 0) is 25.5 Å². The molecule has 0 atom stereocenters. The summed E-state index contributed by atoms with van der Waals surface area (Å²) in [6.45, 7) is 4.58. The van der Waals surface area contributed by atoms with Crippen LogP contribution in [0.2, 0.25) is 0 Å². The summed E-state index contributed by atoms with van der Waals surface area (Å²) in [6.07, 6.45) is 0.640. The number of benzene rings is 1. The number of aliphatic hydroxyl groups is 2. The zero-order chi connectivity index (χ0) is 15.2. The van der Waals surface area contributed by atoms with Gasteiger partial charge in [0.2, 0.25) is 0 Å². The lowest BCUT2D eigenvalue weighted by molar-refractivity contribution is 0.170. The fraction of sp³-hybridized carbons (Fsp3) is 0.533. The Kier molecular flexibility index (Phi) is 5.67. The Morgan fingerprint density at radius 3 is 2.71 bits per heavy atom. The molecule has 2 N–H and O–H groups in total. The van der Waals surface area contributed by atoms with Crippen molar-refractivity contribution in [2.75, 3.05) is 26.3 Å². The van der Waals surface area contributed by atoms with Crippen LogP contribution in [0.15, 0.2) is 18.2 Å². The average Bonchev–Trinajstić information content (AvgIpc) is 2.83. The van der Waals surface area contributed by atoms with Crippen LogP contribution in [0.4, 0.5) is 4.39 Å². The summed E-state index contributed by atoms with van der Waals surface area (Å²) in [7, 11) is 0. The number of halogens is 1. The van der Waals surface area contributed by atoms with Gasteiger partial charge >= 0.3 is 0 Å². The molecule has 1 heterocycles. The highest BCUT2D eigenvalue weighted by molar-refractivity contribution is 5.76. The molecular formula is C15H22FN3O2. The van der Waals surface area contributed by atoms with Crippen LogP contribution >= 0.6 is 0 Å². The molecule has 21 heavy (non-hydrogen) atoms.